The van der Waals surface area contributed by atoms with Gasteiger partial charge in [-0.25, -0.2) is 4.98 Å². The predicted octanol–water partition coefficient (Wildman–Crippen LogP) is 4.16. The van der Waals surface area contributed by atoms with Crippen LogP contribution in [0.25, 0.3) is 0 Å². The standard InChI is InChI=1S/C15H15F3N2OS/c1-21-12-4-2-10(3-5-12)11-6-7-20(9-11)14-19-8-13(22-14)15(16,17)18/h2-5,8,11H,6-7,9H2,1H3. The molecular formula is C15H15F3N2OS. The second-order valence-electron chi connectivity index (χ2n) is 5.21. The van der Waals surface area contributed by atoms with Crippen molar-refractivity contribution in [3.05, 3.63) is 40.9 Å². The van der Waals surface area contributed by atoms with Gasteiger partial charge in [-0.05, 0) is 24.1 Å². The first-order valence-corrected chi connectivity index (χ1v) is 7.71. The molecule has 0 bridgehead atoms. The zero-order valence-corrected chi connectivity index (χ0v) is 12.7. The molecule has 1 fully saturated rings. The van der Waals surface area contributed by atoms with Crippen LogP contribution in [0.3, 0.4) is 0 Å². The molecule has 1 aliphatic rings. The zero-order valence-electron chi connectivity index (χ0n) is 11.9. The molecule has 0 amide bonds. The summed E-state index contributed by atoms with van der Waals surface area (Å²) in [5.74, 6) is 1.11. The molecule has 1 atom stereocenters. The maximum atomic E-state index is 12.6. The van der Waals surface area contributed by atoms with Crippen molar-refractivity contribution in [1.82, 2.24) is 4.98 Å². The van der Waals surface area contributed by atoms with Gasteiger partial charge in [0.05, 0.1) is 13.3 Å². The Bertz CT molecular complexity index is 639. The number of methoxy groups -OCH3 is 1. The topological polar surface area (TPSA) is 25.4 Å². The molecule has 0 N–H and O–H groups in total. The van der Waals surface area contributed by atoms with Crippen molar-refractivity contribution in [2.45, 2.75) is 18.5 Å². The van der Waals surface area contributed by atoms with E-state index in [0.29, 0.717) is 28.9 Å². The number of ether oxygens (including phenoxy) is 1. The second kappa shape index (κ2) is 5.79. The number of thiazole rings is 1. The minimum atomic E-state index is -4.31. The molecule has 1 unspecified atom stereocenters. The molecule has 0 aliphatic carbocycles. The van der Waals surface area contributed by atoms with Gasteiger partial charge in [-0.1, -0.05) is 23.5 Å². The molecular weight excluding hydrogens is 313 g/mol. The fourth-order valence-electron chi connectivity index (χ4n) is 2.62. The van der Waals surface area contributed by atoms with E-state index in [1.807, 2.05) is 29.2 Å². The normalized spacial score (nSPS) is 18.7. The quantitative estimate of drug-likeness (QED) is 0.846. The van der Waals surface area contributed by atoms with Crippen LogP contribution in [0.2, 0.25) is 0 Å². The molecule has 0 radical (unpaired) electrons. The molecule has 1 aromatic carbocycles. The largest absolute Gasteiger partial charge is 0.497 e. The van der Waals surface area contributed by atoms with E-state index in [9.17, 15) is 13.2 Å². The van der Waals surface area contributed by atoms with Gasteiger partial charge in [-0.15, -0.1) is 0 Å². The van der Waals surface area contributed by atoms with Crippen molar-refractivity contribution >= 4 is 16.5 Å². The summed E-state index contributed by atoms with van der Waals surface area (Å²) in [4.78, 5) is 5.21. The van der Waals surface area contributed by atoms with Gasteiger partial charge in [0.15, 0.2) is 5.13 Å². The molecule has 3 rings (SSSR count). The number of hydrogen-bond acceptors (Lipinski definition) is 4. The van der Waals surface area contributed by atoms with Crippen molar-refractivity contribution in [1.29, 1.82) is 0 Å². The summed E-state index contributed by atoms with van der Waals surface area (Å²) < 4.78 is 43.1. The molecule has 118 valence electrons. The first-order chi connectivity index (χ1) is 10.5. The lowest BCUT2D eigenvalue weighted by Crippen LogP contribution is -2.18. The maximum Gasteiger partial charge on any atom is 0.427 e. The van der Waals surface area contributed by atoms with Gasteiger partial charge in [0.2, 0.25) is 0 Å². The van der Waals surface area contributed by atoms with Gasteiger partial charge in [-0.2, -0.15) is 13.2 Å². The van der Waals surface area contributed by atoms with E-state index in [-0.39, 0.29) is 0 Å². The molecule has 0 saturated carbocycles. The Balaban J connectivity index is 1.70. The number of benzene rings is 1. The summed E-state index contributed by atoms with van der Waals surface area (Å²) in [6.07, 6.45) is -2.49. The van der Waals surface area contributed by atoms with E-state index in [1.54, 1.807) is 7.11 Å². The molecule has 1 aliphatic heterocycles. The predicted molar refractivity (Wildman–Crippen MR) is 79.7 cm³/mol. The highest BCUT2D eigenvalue weighted by Crippen LogP contribution is 2.38. The van der Waals surface area contributed by atoms with Crippen LogP contribution in [0.5, 0.6) is 5.75 Å². The Morgan fingerprint density at radius 3 is 2.59 bits per heavy atom. The van der Waals surface area contributed by atoms with Crippen molar-refractivity contribution in [3.8, 4) is 5.75 Å². The third-order valence-corrected chi connectivity index (χ3v) is 4.92. The van der Waals surface area contributed by atoms with Crippen LogP contribution in [0.4, 0.5) is 18.3 Å². The van der Waals surface area contributed by atoms with Crippen LogP contribution < -0.4 is 9.64 Å². The molecule has 1 saturated heterocycles. The first-order valence-electron chi connectivity index (χ1n) is 6.89. The van der Waals surface area contributed by atoms with Gasteiger partial charge < -0.3 is 9.64 Å². The number of rotatable bonds is 3. The monoisotopic (exact) mass is 328 g/mol. The van der Waals surface area contributed by atoms with Crippen molar-refractivity contribution in [2.75, 3.05) is 25.1 Å². The smallest absolute Gasteiger partial charge is 0.427 e. The maximum absolute atomic E-state index is 12.6. The minimum absolute atomic E-state index is 0.309. The summed E-state index contributed by atoms with van der Waals surface area (Å²) in [6.45, 7) is 1.42. The number of nitrogens with zero attached hydrogens (tertiary/aromatic N) is 2. The molecule has 0 spiro atoms. The number of hydrogen-bond donors (Lipinski definition) is 0. The van der Waals surface area contributed by atoms with Crippen molar-refractivity contribution < 1.29 is 17.9 Å². The summed E-state index contributed by atoms with van der Waals surface area (Å²) in [7, 11) is 1.62. The molecule has 3 nitrogen and oxygen atoms in total. The third kappa shape index (κ3) is 3.04. The third-order valence-electron chi connectivity index (χ3n) is 3.82. The highest BCUT2D eigenvalue weighted by Gasteiger charge is 2.35. The Labute approximate surface area is 130 Å². The van der Waals surface area contributed by atoms with Crippen LogP contribution in [0, 0.1) is 0 Å². The van der Waals surface area contributed by atoms with E-state index < -0.39 is 11.1 Å². The number of alkyl halides is 3. The minimum Gasteiger partial charge on any atom is -0.497 e. The number of aromatic nitrogens is 1. The molecule has 2 aromatic rings. The van der Waals surface area contributed by atoms with Crippen molar-refractivity contribution in [3.63, 3.8) is 0 Å². The van der Waals surface area contributed by atoms with Gasteiger partial charge in [0.25, 0.3) is 0 Å². The number of anilines is 1. The summed E-state index contributed by atoms with van der Waals surface area (Å²) in [5, 5.41) is 0.448. The summed E-state index contributed by atoms with van der Waals surface area (Å²) in [5.41, 5.74) is 1.18. The Hall–Kier alpha value is -1.76. The average Bonchev–Trinajstić information content (AvgIpc) is 3.15. The Kier molecular flexibility index (Phi) is 3.99. The van der Waals surface area contributed by atoms with Crippen LogP contribution in [0.1, 0.15) is 22.8 Å². The molecule has 1 aromatic heterocycles. The lowest BCUT2D eigenvalue weighted by molar-refractivity contribution is -0.134. The number of halogens is 3. The van der Waals surface area contributed by atoms with E-state index >= 15 is 0 Å². The zero-order chi connectivity index (χ0) is 15.7. The highest BCUT2D eigenvalue weighted by atomic mass is 32.1. The van der Waals surface area contributed by atoms with Crippen LogP contribution >= 0.6 is 11.3 Å². The van der Waals surface area contributed by atoms with E-state index in [1.165, 1.54) is 5.56 Å². The highest BCUT2D eigenvalue weighted by molar-refractivity contribution is 7.15. The summed E-state index contributed by atoms with van der Waals surface area (Å²) in [6, 6.07) is 7.83. The fraction of sp³-hybridized carbons (Fsp3) is 0.400. The second-order valence-corrected chi connectivity index (χ2v) is 6.22. The summed E-state index contributed by atoms with van der Waals surface area (Å²) >= 11 is 0.710. The van der Waals surface area contributed by atoms with Crippen LogP contribution in [-0.4, -0.2) is 25.2 Å². The van der Waals surface area contributed by atoms with Gasteiger partial charge in [0.1, 0.15) is 10.6 Å². The van der Waals surface area contributed by atoms with E-state index in [4.69, 9.17) is 4.74 Å². The van der Waals surface area contributed by atoms with Crippen LogP contribution in [0.15, 0.2) is 30.5 Å². The van der Waals surface area contributed by atoms with Crippen LogP contribution in [-0.2, 0) is 6.18 Å². The van der Waals surface area contributed by atoms with Gasteiger partial charge >= 0.3 is 6.18 Å². The van der Waals surface area contributed by atoms with E-state index in [2.05, 4.69) is 4.98 Å². The Morgan fingerprint density at radius 2 is 2.00 bits per heavy atom. The van der Waals surface area contributed by atoms with E-state index in [0.717, 1.165) is 24.9 Å². The average molecular weight is 328 g/mol. The lowest BCUT2D eigenvalue weighted by atomic mass is 9.98. The lowest BCUT2D eigenvalue weighted by Gasteiger charge is -2.15. The molecule has 22 heavy (non-hydrogen) atoms. The molecule has 2 heterocycles. The first kappa shape index (κ1) is 15.1. The Morgan fingerprint density at radius 1 is 1.27 bits per heavy atom. The van der Waals surface area contributed by atoms with Gasteiger partial charge in [-0.3, -0.25) is 0 Å². The SMILES string of the molecule is COc1ccc(C2CCN(c3ncc(C(F)(F)F)s3)C2)cc1. The van der Waals surface area contributed by atoms with Crippen molar-refractivity contribution in [2.24, 2.45) is 0 Å². The fourth-order valence-corrected chi connectivity index (χ4v) is 3.44. The van der Waals surface area contributed by atoms with Gasteiger partial charge in [0, 0.05) is 19.0 Å². The molecule has 7 heteroatoms.